The van der Waals surface area contributed by atoms with Crippen LogP contribution in [-0.2, 0) is 19.6 Å². The summed E-state index contributed by atoms with van der Waals surface area (Å²) in [6.45, 7) is 5.09. The highest BCUT2D eigenvalue weighted by Gasteiger charge is 2.22. The maximum absolute atomic E-state index is 12.0. The number of nitrogens with one attached hydrogen (secondary N) is 2. The van der Waals surface area contributed by atoms with Crippen LogP contribution in [0, 0.1) is 0 Å². The van der Waals surface area contributed by atoms with Crippen LogP contribution in [0.3, 0.4) is 0 Å². The molecule has 1 atom stereocenters. The van der Waals surface area contributed by atoms with Gasteiger partial charge in [-0.15, -0.1) is 6.58 Å². The first-order valence-corrected chi connectivity index (χ1v) is 8.41. The van der Waals surface area contributed by atoms with Crippen molar-refractivity contribution in [2.75, 3.05) is 13.6 Å². The molecule has 0 saturated heterocycles. The number of benzene rings is 1. The summed E-state index contributed by atoms with van der Waals surface area (Å²) in [6.07, 6.45) is 0.447. The summed E-state index contributed by atoms with van der Waals surface area (Å²) in [7, 11) is -2.60. The van der Waals surface area contributed by atoms with Gasteiger partial charge in [0.05, 0.1) is 10.6 Å². The van der Waals surface area contributed by atoms with Crippen LogP contribution < -0.4 is 10.0 Å². The van der Waals surface area contributed by atoms with E-state index < -0.39 is 28.0 Å². The molecule has 0 unspecified atom stereocenters. The molecule has 9 heteroatoms. The molecule has 0 heterocycles. The first-order valence-electron chi connectivity index (χ1n) is 6.55. The van der Waals surface area contributed by atoms with Gasteiger partial charge in [-0.05, 0) is 32.2 Å². The van der Waals surface area contributed by atoms with E-state index in [9.17, 15) is 18.0 Å². The summed E-state index contributed by atoms with van der Waals surface area (Å²) in [4.78, 5) is 23.4. The summed E-state index contributed by atoms with van der Waals surface area (Å²) in [6, 6.07) is 3.67. The molecule has 0 aliphatic carbocycles. The van der Waals surface area contributed by atoms with Gasteiger partial charge in [0.1, 0.15) is 4.90 Å². The van der Waals surface area contributed by atoms with Crippen LogP contribution in [0.1, 0.15) is 17.3 Å². The molecule has 126 valence electrons. The number of hydrogen-bond acceptors (Lipinski definition) is 5. The lowest BCUT2D eigenvalue weighted by Gasteiger charge is -2.13. The molecule has 0 fully saturated rings. The third kappa shape index (κ3) is 5.05. The molecule has 2 N–H and O–H groups in total. The van der Waals surface area contributed by atoms with Crippen LogP contribution in [0.25, 0.3) is 0 Å². The van der Waals surface area contributed by atoms with E-state index in [0.717, 1.165) is 6.07 Å². The predicted molar refractivity (Wildman–Crippen MR) is 85.8 cm³/mol. The van der Waals surface area contributed by atoms with Gasteiger partial charge < -0.3 is 10.1 Å². The molecule has 1 rings (SSSR count). The zero-order valence-electron chi connectivity index (χ0n) is 12.6. The Hall–Kier alpha value is -1.90. The maximum Gasteiger partial charge on any atom is 0.338 e. The van der Waals surface area contributed by atoms with Crippen LogP contribution >= 0.6 is 11.6 Å². The fraction of sp³-hybridized carbons (Fsp3) is 0.286. The van der Waals surface area contributed by atoms with Gasteiger partial charge in [-0.25, -0.2) is 17.9 Å². The van der Waals surface area contributed by atoms with Crippen molar-refractivity contribution in [1.29, 1.82) is 0 Å². The fourth-order valence-corrected chi connectivity index (χ4v) is 2.79. The Bertz CT molecular complexity index is 718. The number of amides is 1. The normalized spacial score (nSPS) is 12.3. The Morgan fingerprint density at radius 2 is 2.09 bits per heavy atom. The summed E-state index contributed by atoms with van der Waals surface area (Å²) in [5.74, 6) is -1.33. The van der Waals surface area contributed by atoms with Crippen LogP contribution in [0.4, 0.5) is 0 Å². The predicted octanol–water partition coefficient (Wildman–Crippen LogP) is 1.10. The van der Waals surface area contributed by atoms with Crippen molar-refractivity contribution in [2.45, 2.75) is 17.9 Å². The molecular weight excluding hydrogens is 344 g/mol. The molecule has 23 heavy (non-hydrogen) atoms. The SMILES string of the molecule is C=CCNC(=O)[C@@H](C)OC(=O)c1ccc(Cl)c(S(=O)(=O)NC)c1. The first kappa shape index (κ1) is 19.1. The van der Waals surface area contributed by atoms with E-state index in [1.807, 2.05) is 0 Å². The van der Waals surface area contributed by atoms with Crippen LogP contribution in [-0.4, -0.2) is 40.0 Å². The Kier molecular flexibility index (Phi) is 6.74. The minimum Gasteiger partial charge on any atom is -0.449 e. The zero-order valence-corrected chi connectivity index (χ0v) is 14.2. The second-order valence-electron chi connectivity index (χ2n) is 4.43. The van der Waals surface area contributed by atoms with Crippen LogP contribution in [0.15, 0.2) is 35.7 Å². The average Bonchev–Trinajstić information content (AvgIpc) is 2.52. The lowest BCUT2D eigenvalue weighted by molar-refractivity contribution is -0.128. The van der Waals surface area contributed by atoms with E-state index in [2.05, 4.69) is 16.6 Å². The number of hydrogen-bond donors (Lipinski definition) is 2. The van der Waals surface area contributed by atoms with Gasteiger partial charge in [-0.2, -0.15) is 0 Å². The summed E-state index contributed by atoms with van der Waals surface area (Å²) in [5.41, 5.74) is -0.0356. The molecule has 0 saturated carbocycles. The number of halogens is 1. The molecule has 0 aromatic heterocycles. The van der Waals surface area contributed by atoms with Crippen molar-refractivity contribution in [1.82, 2.24) is 10.0 Å². The minimum absolute atomic E-state index is 0.0346. The van der Waals surface area contributed by atoms with Gasteiger partial charge in [-0.1, -0.05) is 17.7 Å². The fourth-order valence-electron chi connectivity index (χ4n) is 1.54. The molecule has 0 bridgehead atoms. The van der Waals surface area contributed by atoms with E-state index in [0.29, 0.717) is 0 Å². The lowest BCUT2D eigenvalue weighted by atomic mass is 10.2. The van der Waals surface area contributed by atoms with E-state index in [1.54, 1.807) is 0 Å². The smallest absolute Gasteiger partial charge is 0.338 e. The molecule has 1 aromatic carbocycles. The molecule has 0 aliphatic rings. The van der Waals surface area contributed by atoms with Crippen LogP contribution in [0.5, 0.6) is 0 Å². The van der Waals surface area contributed by atoms with Crippen molar-refractivity contribution in [2.24, 2.45) is 0 Å². The van der Waals surface area contributed by atoms with E-state index in [4.69, 9.17) is 16.3 Å². The minimum atomic E-state index is -3.82. The Morgan fingerprint density at radius 1 is 1.43 bits per heavy atom. The third-order valence-electron chi connectivity index (χ3n) is 2.80. The van der Waals surface area contributed by atoms with Crippen LogP contribution in [0.2, 0.25) is 5.02 Å². The monoisotopic (exact) mass is 360 g/mol. The first-order chi connectivity index (χ1) is 10.7. The summed E-state index contributed by atoms with van der Waals surface area (Å²) in [5, 5.41) is 2.45. The number of rotatable bonds is 7. The second kappa shape index (κ2) is 8.09. The second-order valence-corrected chi connectivity index (χ2v) is 6.70. The number of ether oxygens (including phenoxy) is 1. The van der Waals surface area contributed by atoms with E-state index in [-0.39, 0.29) is 22.0 Å². The largest absolute Gasteiger partial charge is 0.449 e. The Labute approximate surface area is 139 Å². The Balaban J connectivity index is 2.95. The van der Waals surface area contributed by atoms with Gasteiger partial charge >= 0.3 is 5.97 Å². The van der Waals surface area contributed by atoms with Gasteiger partial charge in [0, 0.05) is 6.54 Å². The Morgan fingerprint density at radius 3 is 2.65 bits per heavy atom. The zero-order chi connectivity index (χ0) is 17.6. The van der Waals surface area contributed by atoms with Crippen molar-refractivity contribution in [3.05, 3.63) is 41.4 Å². The molecule has 0 spiro atoms. The molecule has 1 amide bonds. The molecule has 0 radical (unpaired) electrons. The molecular formula is C14H17ClN2O5S. The highest BCUT2D eigenvalue weighted by atomic mass is 35.5. The van der Waals surface area contributed by atoms with Gasteiger partial charge in [0.2, 0.25) is 10.0 Å². The number of carbonyl (C=O) groups is 2. The standard InChI is InChI=1S/C14H17ClN2O5S/c1-4-7-17-13(18)9(2)22-14(19)10-5-6-11(15)12(8-10)23(20,21)16-3/h4-6,8-9,16H,1,7H2,2-3H3,(H,17,18)/t9-/m1/s1. The summed E-state index contributed by atoms with van der Waals surface area (Å²) >= 11 is 5.83. The molecule has 1 aromatic rings. The summed E-state index contributed by atoms with van der Waals surface area (Å²) < 4.78 is 30.7. The third-order valence-corrected chi connectivity index (χ3v) is 4.69. The van der Waals surface area contributed by atoms with Gasteiger partial charge in [0.25, 0.3) is 5.91 Å². The van der Waals surface area contributed by atoms with Crippen molar-refractivity contribution in [3.8, 4) is 0 Å². The average molecular weight is 361 g/mol. The topological polar surface area (TPSA) is 102 Å². The van der Waals surface area contributed by atoms with Gasteiger partial charge in [0.15, 0.2) is 6.10 Å². The van der Waals surface area contributed by atoms with Crippen molar-refractivity contribution >= 4 is 33.5 Å². The number of carbonyl (C=O) groups excluding carboxylic acids is 2. The quantitative estimate of drug-likeness (QED) is 0.560. The van der Waals surface area contributed by atoms with Gasteiger partial charge in [-0.3, -0.25) is 4.79 Å². The van der Waals surface area contributed by atoms with Crippen molar-refractivity contribution < 1.29 is 22.7 Å². The maximum atomic E-state index is 12.0. The lowest BCUT2D eigenvalue weighted by Crippen LogP contribution is -2.35. The van der Waals surface area contributed by atoms with Crippen molar-refractivity contribution in [3.63, 3.8) is 0 Å². The number of esters is 1. The highest BCUT2D eigenvalue weighted by molar-refractivity contribution is 7.89. The van der Waals surface area contributed by atoms with E-state index in [1.165, 1.54) is 32.2 Å². The van der Waals surface area contributed by atoms with E-state index >= 15 is 0 Å². The molecule has 7 nitrogen and oxygen atoms in total. The number of sulfonamides is 1. The highest BCUT2D eigenvalue weighted by Crippen LogP contribution is 2.23. The molecule has 0 aliphatic heterocycles.